The molecule has 12 heteroatoms. The summed E-state index contributed by atoms with van der Waals surface area (Å²) in [5.74, 6) is -0.933. The molecule has 0 atom stereocenters. The zero-order chi connectivity index (χ0) is 30.0. The number of amides is 1. The molecule has 5 aromatic rings. The Morgan fingerprint density at radius 3 is 2.55 bits per heavy atom. The highest BCUT2D eigenvalue weighted by Gasteiger charge is 2.39. The molecule has 0 fully saturated rings. The molecule has 5 rings (SSSR count). The minimum absolute atomic E-state index is 0.0430. The summed E-state index contributed by atoms with van der Waals surface area (Å²) in [7, 11) is 0. The quantitative estimate of drug-likeness (QED) is 0.107. The number of carbonyl (C=O) groups excluding carboxylic acids is 2. The first-order chi connectivity index (χ1) is 20.0. The third-order valence-electron chi connectivity index (χ3n) is 6.41. The summed E-state index contributed by atoms with van der Waals surface area (Å²) in [4.78, 5) is 30.3. The van der Waals surface area contributed by atoms with Crippen molar-refractivity contribution in [2.24, 2.45) is 0 Å². The van der Waals surface area contributed by atoms with Crippen LogP contribution in [-0.2, 0) is 11.0 Å². The lowest BCUT2D eigenvalue weighted by atomic mass is 10.0. The van der Waals surface area contributed by atoms with Gasteiger partial charge in [0.15, 0.2) is 17.4 Å². The smallest absolute Gasteiger partial charge is 0.450 e. The number of aromatic amines is 2. The number of nitrogens with one attached hydrogen (secondary N) is 4. The largest absolute Gasteiger partial charge is 0.456 e. The summed E-state index contributed by atoms with van der Waals surface area (Å²) < 4.78 is 45.1. The Labute approximate surface area is 237 Å². The third kappa shape index (κ3) is 6.02. The van der Waals surface area contributed by atoms with Crippen molar-refractivity contribution < 1.29 is 27.2 Å². The van der Waals surface area contributed by atoms with Crippen LogP contribution in [-0.4, -0.2) is 32.4 Å². The fourth-order valence-electron chi connectivity index (χ4n) is 4.47. The topological polar surface area (TPSA) is 129 Å². The fraction of sp³-hybridized carbons (Fsp3) is 0.133. The van der Waals surface area contributed by atoms with Gasteiger partial charge in [0.25, 0.3) is 0 Å². The van der Waals surface area contributed by atoms with Gasteiger partial charge in [-0.05, 0) is 68.8 Å². The van der Waals surface area contributed by atoms with E-state index in [4.69, 9.17) is 4.42 Å². The average Bonchev–Trinajstić information content (AvgIpc) is 3.69. The second-order valence-corrected chi connectivity index (χ2v) is 9.56. The first-order valence-corrected chi connectivity index (χ1v) is 12.7. The van der Waals surface area contributed by atoms with Crippen LogP contribution in [0.5, 0.6) is 0 Å². The van der Waals surface area contributed by atoms with E-state index in [1.165, 1.54) is 19.9 Å². The van der Waals surface area contributed by atoms with E-state index in [9.17, 15) is 22.8 Å². The maximum atomic E-state index is 13.4. The molecule has 0 aliphatic carbocycles. The lowest BCUT2D eigenvalue weighted by Gasteiger charge is -2.13. The van der Waals surface area contributed by atoms with E-state index in [2.05, 4.69) is 30.8 Å². The van der Waals surface area contributed by atoms with Gasteiger partial charge in [-0.15, -0.1) is 0 Å². The molecule has 0 saturated heterocycles. The number of aromatic nitrogens is 4. The van der Waals surface area contributed by atoms with E-state index < -0.39 is 11.9 Å². The van der Waals surface area contributed by atoms with Crippen molar-refractivity contribution in [2.45, 2.75) is 26.9 Å². The Hall–Kier alpha value is -5.39. The summed E-state index contributed by atoms with van der Waals surface area (Å²) in [5.41, 5.74) is 5.20. The molecule has 0 saturated carbocycles. The number of alkyl halides is 3. The highest BCUT2D eigenvalue weighted by atomic mass is 19.4. The Bertz CT molecular complexity index is 1810. The summed E-state index contributed by atoms with van der Waals surface area (Å²) >= 11 is 0. The van der Waals surface area contributed by atoms with Crippen LogP contribution in [0.2, 0.25) is 0 Å². The number of nitrogens with zero attached hydrogens (tertiary/aromatic N) is 2. The van der Waals surface area contributed by atoms with E-state index in [1.54, 1.807) is 36.5 Å². The first-order valence-electron chi connectivity index (χ1n) is 12.7. The Kier molecular flexibility index (Phi) is 7.53. The van der Waals surface area contributed by atoms with Gasteiger partial charge in [-0.25, -0.2) is 4.98 Å². The summed E-state index contributed by atoms with van der Waals surface area (Å²) in [6, 6.07) is 15.5. The molecule has 4 N–H and O–H groups in total. The SMILES string of the molecule is CC(=O)c1c[nH]c(/C=C(\C)c2ccc(Nc3cccc(-c4n[nH]c(-c5cc(C)oc5C(F)(F)F)n4)c3)cc2NC=O)c1. The average molecular weight is 575 g/mol. The number of aryl methyl sites for hydroxylation is 1. The van der Waals surface area contributed by atoms with Crippen molar-refractivity contribution >= 4 is 40.9 Å². The number of anilines is 3. The minimum Gasteiger partial charge on any atom is -0.456 e. The molecule has 3 aromatic heterocycles. The van der Waals surface area contributed by atoms with Gasteiger partial charge >= 0.3 is 6.18 Å². The van der Waals surface area contributed by atoms with Crippen LogP contribution in [0, 0.1) is 6.92 Å². The molecular formula is C30H25F3N6O3. The second kappa shape index (κ2) is 11.2. The molecule has 0 aliphatic heterocycles. The Morgan fingerprint density at radius 2 is 1.83 bits per heavy atom. The van der Waals surface area contributed by atoms with Crippen molar-refractivity contribution in [3.63, 3.8) is 0 Å². The van der Waals surface area contributed by atoms with E-state index in [0.29, 0.717) is 34.6 Å². The van der Waals surface area contributed by atoms with E-state index >= 15 is 0 Å². The van der Waals surface area contributed by atoms with Gasteiger partial charge in [-0.2, -0.15) is 18.3 Å². The summed E-state index contributed by atoms with van der Waals surface area (Å²) in [6.45, 7) is 4.82. The molecule has 3 heterocycles. The van der Waals surface area contributed by atoms with Gasteiger partial charge in [0.05, 0.1) is 11.3 Å². The molecule has 0 aliphatic rings. The first kappa shape index (κ1) is 28.1. The second-order valence-electron chi connectivity index (χ2n) is 9.56. The standard InChI is InChI=1S/C30H25F3N6O3/c1-16(9-23-12-20(14-34-23)18(3)41)24-8-7-22(13-26(24)35-15-40)36-21-6-4-5-19(11-21)28-37-29(39-38-28)25-10-17(2)42-27(25)30(31,32)33/h4-15,34,36H,1-3H3,(H,35,40)(H,37,38,39)/b16-9+. The molecule has 0 unspecified atom stereocenters. The number of hydrogen-bond donors (Lipinski definition) is 4. The zero-order valence-electron chi connectivity index (χ0n) is 22.7. The van der Waals surface area contributed by atoms with Crippen LogP contribution in [0.1, 0.15) is 47.0 Å². The van der Waals surface area contributed by atoms with Crippen molar-refractivity contribution in [1.82, 2.24) is 20.2 Å². The maximum Gasteiger partial charge on any atom is 0.450 e. The third-order valence-corrected chi connectivity index (χ3v) is 6.41. The number of rotatable bonds is 9. The van der Waals surface area contributed by atoms with Gasteiger partial charge in [0.2, 0.25) is 12.2 Å². The molecule has 0 radical (unpaired) electrons. The predicted molar refractivity (Wildman–Crippen MR) is 153 cm³/mol. The summed E-state index contributed by atoms with van der Waals surface area (Å²) in [5, 5.41) is 12.7. The number of hydrogen-bond acceptors (Lipinski definition) is 6. The number of halogens is 3. The molecule has 0 bridgehead atoms. The van der Waals surface area contributed by atoms with Gasteiger partial charge in [-0.1, -0.05) is 18.2 Å². The van der Waals surface area contributed by atoms with Gasteiger partial charge in [-0.3, -0.25) is 14.7 Å². The van der Waals surface area contributed by atoms with E-state index in [0.717, 1.165) is 16.8 Å². The number of carbonyl (C=O) groups is 2. The van der Waals surface area contributed by atoms with Crippen LogP contribution in [0.3, 0.4) is 0 Å². The van der Waals surface area contributed by atoms with Crippen LogP contribution >= 0.6 is 0 Å². The maximum absolute atomic E-state index is 13.4. The van der Waals surface area contributed by atoms with Gasteiger partial charge in [0, 0.05) is 40.0 Å². The van der Waals surface area contributed by atoms with Gasteiger partial charge < -0.3 is 20.0 Å². The number of ketones is 1. The minimum atomic E-state index is -4.68. The van der Waals surface area contributed by atoms with E-state index in [-0.39, 0.29) is 28.8 Å². The Morgan fingerprint density at radius 1 is 1.05 bits per heavy atom. The molecule has 214 valence electrons. The van der Waals surface area contributed by atoms with Crippen LogP contribution in [0.15, 0.2) is 65.2 Å². The predicted octanol–water partition coefficient (Wildman–Crippen LogP) is 7.46. The van der Waals surface area contributed by atoms with Crippen molar-refractivity contribution in [1.29, 1.82) is 0 Å². The molecule has 9 nitrogen and oxygen atoms in total. The molecule has 2 aromatic carbocycles. The normalized spacial score (nSPS) is 11.9. The van der Waals surface area contributed by atoms with Crippen LogP contribution in [0.4, 0.5) is 30.2 Å². The number of allylic oxidation sites excluding steroid dienone is 1. The van der Waals surface area contributed by atoms with E-state index in [1.807, 2.05) is 31.2 Å². The number of Topliss-reactive ketones (excluding diaryl/α,β-unsaturated/α-hetero) is 1. The molecule has 0 spiro atoms. The van der Waals surface area contributed by atoms with Crippen molar-refractivity contribution in [3.8, 4) is 22.8 Å². The Balaban J connectivity index is 1.39. The van der Waals surface area contributed by atoms with Gasteiger partial charge in [0.1, 0.15) is 5.76 Å². The number of benzene rings is 2. The number of furan rings is 1. The van der Waals surface area contributed by atoms with Crippen LogP contribution < -0.4 is 10.6 Å². The summed E-state index contributed by atoms with van der Waals surface area (Å²) in [6.07, 6.45) is -0.569. The molecule has 42 heavy (non-hydrogen) atoms. The fourth-order valence-corrected chi connectivity index (χ4v) is 4.47. The van der Waals surface area contributed by atoms with Crippen LogP contribution in [0.25, 0.3) is 34.4 Å². The lowest BCUT2D eigenvalue weighted by molar-refractivity contribution is -0.152. The molecule has 1 amide bonds. The lowest BCUT2D eigenvalue weighted by Crippen LogP contribution is -2.05. The van der Waals surface area contributed by atoms with Crippen molar-refractivity contribution in [2.75, 3.05) is 10.6 Å². The van der Waals surface area contributed by atoms with Crippen molar-refractivity contribution in [3.05, 3.63) is 89.1 Å². The highest BCUT2D eigenvalue weighted by molar-refractivity contribution is 5.95. The molecular weight excluding hydrogens is 549 g/mol. The monoisotopic (exact) mass is 574 g/mol. The highest BCUT2D eigenvalue weighted by Crippen LogP contribution is 2.38. The zero-order valence-corrected chi connectivity index (χ0v) is 22.7. The number of H-pyrrole nitrogens is 2.